The van der Waals surface area contributed by atoms with Crippen LogP contribution in [-0.4, -0.2) is 39.4 Å². The summed E-state index contributed by atoms with van der Waals surface area (Å²) in [5.41, 5.74) is 0.570. The van der Waals surface area contributed by atoms with Gasteiger partial charge in [0, 0.05) is 12.5 Å². The molecule has 2 rings (SSSR count). The standard InChI is InChI=1S/C13H14O5S/c1-17-6-7-19(15,16)9-11(14)13-8-10-4-2-3-5-12(10)18-13/h2-5,8H,6-7,9H2,1H3. The van der Waals surface area contributed by atoms with Crippen molar-refractivity contribution >= 4 is 26.6 Å². The molecule has 6 heteroatoms. The normalized spacial score (nSPS) is 11.8. The predicted octanol–water partition coefficient (Wildman–Crippen LogP) is 1.68. The minimum absolute atomic E-state index is 0.0715. The Morgan fingerprint density at radius 3 is 2.74 bits per heavy atom. The van der Waals surface area contributed by atoms with E-state index in [1.807, 2.05) is 6.07 Å². The molecule has 1 heterocycles. The van der Waals surface area contributed by atoms with Crippen LogP contribution in [0, 0.1) is 0 Å². The minimum atomic E-state index is -3.46. The Hall–Kier alpha value is -1.66. The van der Waals surface area contributed by atoms with Crippen LogP contribution in [0.4, 0.5) is 0 Å². The zero-order valence-electron chi connectivity index (χ0n) is 10.5. The second-order valence-electron chi connectivity index (χ2n) is 4.16. The van der Waals surface area contributed by atoms with E-state index < -0.39 is 21.4 Å². The number of fused-ring (bicyclic) bond motifs is 1. The molecule has 0 aliphatic carbocycles. The number of ketones is 1. The first-order valence-corrected chi connectivity index (χ1v) is 7.55. The van der Waals surface area contributed by atoms with Crippen LogP contribution in [0.15, 0.2) is 34.7 Å². The maximum Gasteiger partial charge on any atom is 0.213 e. The van der Waals surface area contributed by atoms with Gasteiger partial charge >= 0.3 is 0 Å². The Labute approximate surface area is 111 Å². The van der Waals surface area contributed by atoms with Crippen LogP contribution >= 0.6 is 0 Å². The van der Waals surface area contributed by atoms with Crippen LogP contribution in [0.1, 0.15) is 10.6 Å². The minimum Gasteiger partial charge on any atom is -0.453 e. The van der Waals surface area contributed by atoms with Crippen LogP contribution in [0.3, 0.4) is 0 Å². The van der Waals surface area contributed by atoms with Crippen LogP contribution in [0.5, 0.6) is 0 Å². The number of methoxy groups -OCH3 is 1. The topological polar surface area (TPSA) is 73.6 Å². The van der Waals surface area contributed by atoms with Gasteiger partial charge in [-0.3, -0.25) is 4.79 Å². The number of carbonyl (C=O) groups is 1. The van der Waals surface area contributed by atoms with E-state index in [4.69, 9.17) is 9.15 Å². The van der Waals surface area contributed by atoms with Gasteiger partial charge in [-0.05, 0) is 12.1 Å². The molecule has 0 N–H and O–H groups in total. The summed E-state index contributed by atoms with van der Waals surface area (Å²) in [5, 5.41) is 0.778. The number of hydrogen-bond acceptors (Lipinski definition) is 5. The van der Waals surface area contributed by atoms with Gasteiger partial charge < -0.3 is 9.15 Å². The highest BCUT2D eigenvalue weighted by Crippen LogP contribution is 2.19. The molecular weight excluding hydrogens is 268 g/mol. The largest absolute Gasteiger partial charge is 0.453 e. The van der Waals surface area contributed by atoms with Crippen molar-refractivity contribution in [3.8, 4) is 0 Å². The number of para-hydroxylation sites is 1. The van der Waals surface area contributed by atoms with E-state index in [9.17, 15) is 13.2 Å². The van der Waals surface area contributed by atoms with Gasteiger partial charge in [0.1, 0.15) is 11.3 Å². The smallest absolute Gasteiger partial charge is 0.213 e. The van der Waals surface area contributed by atoms with Crippen molar-refractivity contribution in [2.45, 2.75) is 0 Å². The molecule has 0 bridgehead atoms. The lowest BCUT2D eigenvalue weighted by atomic mass is 10.2. The van der Waals surface area contributed by atoms with Crippen molar-refractivity contribution < 1.29 is 22.4 Å². The molecule has 0 amide bonds. The summed E-state index contributed by atoms with van der Waals surface area (Å²) in [6.45, 7) is 0.0791. The Morgan fingerprint density at radius 1 is 1.32 bits per heavy atom. The number of Topliss-reactive ketones (excluding diaryl/α,β-unsaturated/α-hetero) is 1. The maximum atomic E-state index is 11.9. The number of ether oxygens (including phenoxy) is 1. The first-order valence-electron chi connectivity index (χ1n) is 5.73. The highest BCUT2D eigenvalue weighted by Gasteiger charge is 2.20. The molecule has 2 aromatic rings. The van der Waals surface area contributed by atoms with Gasteiger partial charge in [-0.1, -0.05) is 18.2 Å². The number of carbonyl (C=O) groups excluding carboxylic acids is 1. The second-order valence-corrected chi connectivity index (χ2v) is 6.34. The van der Waals surface area contributed by atoms with Crippen LogP contribution < -0.4 is 0 Å². The van der Waals surface area contributed by atoms with Gasteiger partial charge in [0.2, 0.25) is 5.78 Å². The van der Waals surface area contributed by atoms with Crippen molar-refractivity contribution in [3.05, 3.63) is 36.1 Å². The second kappa shape index (κ2) is 5.54. The van der Waals surface area contributed by atoms with Crippen molar-refractivity contribution in [2.24, 2.45) is 0 Å². The molecule has 0 spiro atoms. The molecule has 0 saturated carbocycles. The van der Waals surface area contributed by atoms with E-state index in [2.05, 4.69) is 0 Å². The molecule has 0 fully saturated rings. The summed E-state index contributed by atoms with van der Waals surface area (Å²) in [4.78, 5) is 11.9. The fraction of sp³-hybridized carbons (Fsp3) is 0.308. The van der Waals surface area contributed by atoms with Gasteiger partial charge in [-0.15, -0.1) is 0 Å². The van der Waals surface area contributed by atoms with E-state index in [0.29, 0.717) is 5.58 Å². The average molecular weight is 282 g/mol. The van der Waals surface area contributed by atoms with Crippen LogP contribution in [0.2, 0.25) is 0 Å². The van der Waals surface area contributed by atoms with Crippen LogP contribution in [0.25, 0.3) is 11.0 Å². The number of sulfone groups is 1. The Kier molecular flexibility index (Phi) is 4.01. The fourth-order valence-corrected chi connectivity index (χ4v) is 2.78. The number of benzene rings is 1. The molecule has 5 nitrogen and oxygen atoms in total. The SMILES string of the molecule is COCCS(=O)(=O)CC(=O)c1cc2ccccc2o1. The third kappa shape index (κ3) is 3.42. The summed E-state index contributed by atoms with van der Waals surface area (Å²) < 4.78 is 33.3. The zero-order valence-corrected chi connectivity index (χ0v) is 11.3. The molecule has 0 saturated heterocycles. The first-order chi connectivity index (χ1) is 9.02. The van der Waals surface area contributed by atoms with E-state index in [0.717, 1.165) is 5.39 Å². The van der Waals surface area contributed by atoms with E-state index >= 15 is 0 Å². The van der Waals surface area contributed by atoms with E-state index in [1.54, 1.807) is 24.3 Å². The van der Waals surface area contributed by atoms with Gasteiger partial charge in [0.25, 0.3) is 0 Å². The molecule has 0 aliphatic heterocycles. The third-order valence-corrected chi connectivity index (χ3v) is 4.14. The lowest BCUT2D eigenvalue weighted by Gasteiger charge is -2.01. The summed E-state index contributed by atoms with van der Waals surface area (Å²) in [7, 11) is -2.05. The van der Waals surface area contributed by atoms with Crippen molar-refractivity contribution in [3.63, 3.8) is 0 Å². The van der Waals surface area contributed by atoms with Crippen molar-refractivity contribution in [1.82, 2.24) is 0 Å². The Bertz CT molecular complexity index is 651. The first kappa shape index (κ1) is 13.8. The van der Waals surface area contributed by atoms with Crippen molar-refractivity contribution in [2.75, 3.05) is 25.2 Å². The quantitative estimate of drug-likeness (QED) is 0.754. The molecule has 0 aliphatic rings. The molecule has 102 valence electrons. The third-order valence-electron chi connectivity index (χ3n) is 2.65. The predicted molar refractivity (Wildman–Crippen MR) is 71.1 cm³/mol. The molecule has 1 aromatic carbocycles. The molecular formula is C13H14O5S. The van der Waals surface area contributed by atoms with Crippen LogP contribution in [-0.2, 0) is 14.6 Å². The molecule has 19 heavy (non-hydrogen) atoms. The highest BCUT2D eigenvalue weighted by atomic mass is 32.2. The lowest BCUT2D eigenvalue weighted by molar-refractivity contribution is 0.0992. The monoisotopic (exact) mass is 282 g/mol. The zero-order chi connectivity index (χ0) is 13.9. The number of furan rings is 1. The fourth-order valence-electron chi connectivity index (χ4n) is 1.67. The van der Waals surface area contributed by atoms with Gasteiger partial charge in [0.05, 0.1) is 12.4 Å². The lowest BCUT2D eigenvalue weighted by Crippen LogP contribution is -2.21. The van der Waals surface area contributed by atoms with Gasteiger partial charge in [0.15, 0.2) is 15.6 Å². The molecule has 1 aromatic heterocycles. The average Bonchev–Trinajstić information content (AvgIpc) is 2.80. The summed E-state index contributed by atoms with van der Waals surface area (Å²) in [6, 6.07) is 8.70. The number of hydrogen-bond donors (Lipinski definition) is 0. The Morgan fingerprint density at radius 2 is 2.05 bits per heavy atom. The maximum absolute atomic E-state index is 11.9. The van der Waals surface area contributed by atoms with Gasteiger partial charge in [-0.25, -0.2) is 8.42 Å². The summed E-state index contributed by atoms with van der Waals surface area (Å²) >= 11 is 0. The van der Waals surface area contributed by atoms with Gasteiger partial charge in [-0.2, -0.15) is 0 Å². The van der Waals surface area contributed by atoms with E-state index in [1.165, 1.54) is 7.11 Å². The summed E-state index contributed by atoms with van der Waals surface area (Å²) in [6.07, 6.45) is 0. The molecule has 0 unspecified atom stereocenters. The number of rotatable bonds is 6. The van der Waals surface area contributed by atoms with Crippen molar-refractivity contribution in [1.29, 1.82) is 0 Å². The summed E-state index contributed by atoms with van der Waals surface area (Å²) in [5.74, 6) is -1.19. The highest BCUT2D eigenvalue weighted by molar-refractivity contribution is 7.92. The molecule has 0 atom stereocenters. The Balaban J connectivity index is 2.16. The molecule has 0 radical (unpaired) electrons. The van der Waals surface area contributed by atoms with E-state index in [-0.39, 0.29) is 18.1 Å².